The summed E-state index contributed by atoms with van der Waals surface area (Å²) in [7, 11) is -2.37. The van der Waals surface area contributed by atoms with Gasteiger partial charge in [0.2, 0.25) is 10.0 Å². The Morgan fingerprint density at radius 1 is 0.946 bits per heavy atom. The van der Waals surface area contributed by atoms with E-state index in [9.17, 15) is 18.0 Å². The number of methoxy groups -OCH3 is 1. The minimum Gasteiger partial charge on any atom is -0.494 e. The molecular weight excluding hydrogens is 498 g/mol. The molecule has 0 aliphatic rings. The number of hydrogen-bond donors (Lipinski definition) is 3. The SMILES string of the molecule is CCOc1ccc(NC(=O)COc2ccc(C(=O)N[C@H](C)c3ccc(S(N)(=O)=O)cc3)cc2OC)cc1. The first kappa shape index (κ1) is 27.5. The number of hydrogen-bond acceptors (Lipinski definition) is 7. The van der Waals surface area contributed by atoms with Crippen LogP contribution in [-0.2, 0) is 14.8 Å². The standard InChI is InChI=1S/C26H29N3O7S/c1-4-35-21-10-8-20(9-11-21)29-25(30)16-36-23-14-7-19(15-24(23)34-3)26(31)28-17(2)18-5-12-22(13-6-18)37(27,32)33/h5-15,17H,4,16H2,1-3H3,(H,28,31)(H,29,30)(H2,27,32,33)/t17-/m1/s1. The maximum Gasteiger partial charge on any atom is 0.262 e. The predicted molar refractivity (Wildman–Crippen MR) is 138 cm³/mol. The first-order chi connectivity index (χ1) is 17.6. The largest absolute Gasteiger partial charge is 0.494 e. The van der Waals surface area contributed by atoms with Crippen LogP contribution in [0.1, 0.15) is 35.8 Å². The summed E-state index contributed by atoms with van der Waals surface area (Å²) in [5, 5.41) is 10.7. The molecular formula is C26H29N3O7S. The first-order valence-electron chi connectivity index (χ1n) is 11.4. The van der Waals surface area contributed by atoms with Crippen LogP contribution in [-0.4, -0.2) is 40.6 Å². The minimum atomic E-state index is -3.80. The average molecular weight is 528 g/mol. The number of primary sulfonamides is 1. The van der Waals surface area contributed by atoms with Gasteiger partial charge in [-0.1, -0.05) is 12.1 Å². The molecule has 0 aromatic heterocycles. The Morgan fingerprint density at radius 2 is 1.62 bits per heavy atom. The van der Waals surface area contributed by atoms with Gasteiger partial charge >= 0.3 is 0 Å². The van der Waals surface area contributed by atoms with Crippen LogP contribution in [0.3, 0.4) is 0 Å². The van der Waals surface area contributed by atoms with Crippen LogP contribution < -0.4 is 30.0 Å². The fourth-order valence-electron chi connectivity index (χ4n) is 3.38. The molecule has 0 saturated carbocycles. The van der Waals surface area contributed by atoms with Gasteiger partial charge in [-0.3, -0.25) is 9.59 Å². The summed E-state index contributed by atoms with van der Waals surface area (Å²) in [4.78, 5) is 25.1. The van der Waals surface area contributed by atoms with Gasteiger partial charge in [0, 0.05) is 11.3 Å². The summed E-state index contributed by atoms with van der Waals surface area (Å²) in [6, 6.07) is 17.1. The number of amides is 2. The van der Waals surface area contributed by atoms with Gasteiger partial charge in [0.25, 0.3) is 11.8 Å². The Bertz CT molecular complexity index is 1340. The summed E-state index contributed by atoms with van der Waals surface area (Å²) in [6.45, 7) is 3.95. The Morgan fingerprint density at radius 3 is 2.22 bits per heavy atom. The number of benzene rings is 3. The van der Waals surface area contributed by atoms with Crippen molar-refractivity contribution >= 4 is 27.5 Å². The highest BCUT2D eigenvalue weighted by molar-refractivity contribution is 7.89. The zero-order valence-corrected chi connectivity index (χ0v) is 21.5. The van der Waals surface area contributed by atoms with Gasteiger partial charge in [-0.15, -0.1) is 0 Å². The molecule has 37 heavy (non-hydrogen) atoms. The molecule has 3 aromatic carbocycles. The average Bonchev–Trinajstić information content (AvgIpc) is 2.88. The molecule has 0 radical (unpaired) electrons. The molecule has 0 unspecified atom stereocenters. The molecule has 0 bridgehead atoms. The smallest absolute Gasteiger partial charge is 0.262 e. The van der Waals surface area contributed by atoms with Gasteiger partial charge in [-0.2, -0.15) is 0 Å². The third kappa shape index (κ3) is 7.69. The lowest BCUT2D eigenvalue weighted by Gasteiger charge is -2.16. The maximum atomic E-state index is 12.8. The molecule has 196 valence electrons. The van der Waals surface area contributed by atoms with Crippen LogP contribution in [0.5, 0.6) is 17.2 Å². The van der Waals surface area contributed by atoms with E-state index in [2.05, 4.69) is 10.6 Å². The molecule has 0 heterocycles. The van der Waals surface area contributed by atoms with Gasteiger partial charge in [-0.25, -0.2) is 13.6 Å². The van der Waals surface area contributed by atoms with Crippen LogP contribution >= 0.6 is 0 Å². The van der Waals surface area contributed by atoms with E-state index in [1.165, 1.54) is 25.3 Å². The summed E-state index contributed by atoms with van der Waals surface area (Å²) >= 11 is 0. The van der Waals surface area contributed by atoms with Crippen molar-refractivity contribution in [2.45, 2.75) is 24.8 Å². The fourth-order valence-corrected chi connectivity index (χ4v) is 3.89. The molecule has 2 amide bonds. The molecule has 0 saturated heterocycles. The van der Waals surface area contributed by atoms with E-state index >= 15 is 0 Å². The van der Waals surface area contributed by atoms with E-state index in [1.54, 1.807) is 55.5 Å². The van der Waals surface area contributed by atoms with Crippen molar-refractivity contribution in [3.05, 3.63) is 77.9 Å². The zero-order valence-electron chi connectivity index (χ0n) is 20.7. The molecule has 3 aromatic rings. The summed E-state index contributed by atoms with van der Waals surface area (Å²) in [5.41, 5.74) is 1.62. The van der Waals surface area contributed by atoms with Gasteiger partial charge in [0.05, 0.1) is 24.7 Å². The second-order valence-electron chi connectivity index (χ2n) is 7.97. The Labute approximate surface area is 215 Å². The minimum absolute atomic E-state index is 0.0109. The zero-order chi connectivity index (χ0) is 27.0. The number of anilines is 1. The van der Waals surface area contributed by atoms with Crippen molar-refractivity contribution in [3.63, 3.8) is 0 Å². The fraction of sp³-hybridized carbons (Fsp3) is 0.231. The van der Waals surface area contributed by atoms with Crippen LogP contribution in [0.25, 0.3) is 0 Å². The number of rotatable bonds is 11. The maximum absolute atomic E-state index is 12.8. The van der Waals surface area contributed by atoms with E-state index in [0.717, 1.165) is 0 Å². The third-order valence-electron chi connectivity index (χ3n) is 5.29. The number of carbonyl (C=O) groups is 2. The Balaban J connectivity index is 1.59. The van der Waals surface area contributed by atoms with Gasteiger partial charge in [-0.05, 0) is 74.0 Å². The van der Waals surface area contributed by atoms with Gasteiger partial charge < -0.3 is 24.8 Å². The van der Waals surface area contributed by atoms with Crippen molar-refractivity contribution in [1.82, 2.24) is 5.32 Å². The van der Waals surface area contributed by atoms with Crippen molar-refractivity contribution in [2.24, 2.45) is 5.14 Å². The van der Waals surface area contributed by atoms with E-state index in [-0.39, 0.29) is 29.1 Å². The lowest BCUT2D eigenvalue weighted by molar-refractivity contribution is -0.118. The monoisotopic (exact) mass is 527 g/mol. The molecule has 10 nitrogen and oxygen atoms in total. The molecule has 0 fully saturated rings. The van der Waals surface area contributed by atoms with Crippen LogP contribution in [0, 0.1) is 0 Å². The topological polar surface area (TPSA) is 146 Å². The normalized spacial score (nSPS) is 11.8. The predicted octanol–water partition coefficient (Wildman–Crippen LogP) is 3.25. The lowest BCUT2D eigenvalue weighted by atomic mass is 10.1. The molecule has 3 rings (SSSR count). The Kier molecular flexibility index (Phi) is 9.10. The number of carbonyl (C=O) groups excluding carboxylic acids is 2. The molecule has 0 aliphatic heterocycles. The second-order valence-corrected chi connectivity index (χ2v) is 9.53. The Hall–Kier alpha value is -4.09. The molecule has 1 atom stereocenters. The highest BCUT2D eigenvalue weighted by atomic mass is 32.2. The molecule has 11 heteroatoms. The lowest BCUT2D eigenvalue weighted by Crippen LogP contribution is -2.26. The van der Waals surface area contributed by atoms with Gasteiger partial charge in [0.15, 0.2) is 18.1 Å². The molecule has 0 aliphatic carbocycles. The van der Waals surface area contributed by atoms with Crippen molar-refractivity contribution in [2.75, 3.05) is 25.6 Å². The first-order valence-corrected chi connectivity index (χ1v) is 12.9. The number of nitrogens with one attached hydrogen (secondary N) is 2. The number of sulfonamides is 1. The van der Waals surface area contributed by atoms with Crippen molar-refractivity contribution in [3.8, 4) is 17.2 Å². The molecule has 4 N–H and O–H groups in total. The van der Waals surface area contributed by atoms with E-state index < -0.39 is 16.1 Å². The number of nitrogens with two attached hydrogens (primary N) is 1. The van der Waals surface area contributed by atoms with Crippen molar-refractivity contribution < 1.29 is 32.2 Å². The summed E-state index contributed by atoms with van der Waals surface area (Å²) < 4.78 is 39.2. The van der Waals surface area contributed by atoms with Gasteiger partial charge in [0.1, 0.15) is 5.75 Å². The summed E-state index contributed by atoms with van der Waals surface area (Å²) in [6.07, 6.45) is 0. The quantitative estimate of drug-likeness (QED) is 0.347. The van der Waals surface area contributed by atoms with E-state index in [0.29, 0.717) is 34.9 Å². The highest BCUT2D eigenvalue weighted by Crippen LogP contribution is 2.28. The van der Waals surface area contributed by atoms with Crippen LogP contribution in [0.4, 0.5) is 5.69 Å². The molecule has 0 spiro atoms. The summed E-state index contributed by atoms with van der Waals surface area (Å²) in [5.74, 6) is 0.551. The van der Waals surface area contributed by atoms with Crippen molar-refractivity contribution in [1.29, 1.82) is 0 Å². The second kappa shape index (κ2) is 12.2. The highest BCUT2D eigenvalue weighted by Gasteiger charge is 2.16. The van der Waals surface area contributed by atoms with E-state index in [4.69, 9.17) is 19.3 Å². The van der Waals surface area contributed by atoms with E-state index in [1.807, 2.05) is 6.92 Å². The third-order valence-corrected chi connectivity index (χ3v) is 6.22. The van der Waals surface area contributed by atoms with Crippen LogP contribution in [0.2, 0.25) is 0 Å². The van der Waals surface area contributed by atoms with Crippen LogP contribution in [0.15, 0.2) is 71.6 Å². The number of ether oxygens (including phenoxy) is 3.